The summed E-state index contributed by atoms with van der Waals surface area (Å²) in [6.45, 7) is 5.86. The number of phenols is 1. The van der Waals surface area contributed by atoms with E-state index >= 15 is 0 Å². The predicted molar refractivity (Wildman–Crippen MR) is 184 cm³/mol. The molecule has 15 nitrogen and oxygen atoms in total. The molecular formula is C36H45ClN2O13. The van der Waals surface area contributed by atoms with Crippen molar-refractivity contribution in [2.75, 3.05) is 39.7 Å². The van der Waals surface area contributed by atoms with Gasteiger partial charge in [0.15, 0.2) is 11.5 Å². The number of morpholine rings is 1. The molecular weight excluding hydrogens is 704 g/mol. The zero-order valence-corrected chi connectivity index (χ0v) is 29.4. The summed E-state index contributed by atoms with van der Waals surface area (Å²) >= 11 is 6.78. The number of aliphatic hydroxyl groups is 5. The van der Waals surface area contributed by atoms with E-state index in [1.165, 1.54) is 25.1 Å². The van der Waals surface area contributed by atoms with E-state index in [2.05, 4.69) is 10.2 Å². The van der Waals surface area contributed by atoms with Gasteiger partial charge >= 0.3 is 0 Å². The van der Waals surface area contributed by atoms with Gasteiger partial charge in [0.25, 0.3) is 0 Å². The summed E-state index contributed by atoms with van der Waals surface area (Å²) < 4.78 is 33.6. The van der Waals surface area contributed by atoms with Crippen LogP contribution in [0, 0.1) is 0 Å². The number of rotatable bonds is 11. The van der Waals surface area contributed by atoms with Crippen LogP contribution < -0.4 is 14.8 Å². The maximum atomic E-state index is 12.9. The number of ether oxygens (including phenoxy) is 6. The van der Waals surface area contributed by atoms with Crippen molar-refractivity contribution in [2.24, 2.45) is 0 Å². The molecule has 2 aromatic rings. The monoisotopic (exact) mass is 748 g/mol. The van der Waals surface area contributed by atoms with Gasteiger partial charge in [-0.1, -0.05) is 24.3 Å². The summed E-state index contributed by atoms with van der Waals surface area (Å²) in [6.07, 6.45) is -7.82. The molecule has 0 radical (unpaired) electrons. The van der Waals surface area contributed by atoms with Gasteiger partial charge in [0.1, 0.15) is 73.5 Å². The van der Waals surface area contributed by atoms with Gasteiger partial charge in [0, 0.05) is 24.2 Å². The van der Waals surface area contributed by atoms with Crippen molar-refractivity contribution in [3.63, 3.8) is 0 Å². The fraction of sp³-hybridized carbons (Fsp3) is 0.528. The number of fused-ring (bicyclic) bond motifs is 1. The molecule has 1 unspecified atom stereocenters. The van der Waals surface area contributed by atoms with Gasteiger partial charge in [-0.3, -0.25) is 9.69 Å². The molecule has 52 heavy (non-hydrogen) atoms. The standard InChI is InChI=1S/C36H45ClN2O13/c1-18(9-12-48-23-6-4-3-5-21(23)34(37)39-10-13-47-14-11-39)31-29(44)30(45)36(52-31)51-24-8-7-20(16-22(24)40)15-19(2)35(46)38-25-26(41)28(43)33-32(27(25)42)49-17-50-33/h3-9,15-16,25-34,36,40-45H,10-14,17H2,1-2H3,(H,38,46)/t25-,26+,27-,28-,29+,30+,31-,32+,33-,34?,36-/m1/s1. The van der Waals surface area contributed by atoms with Gasteiger partial charge in [-0.05, 0) is 55.3 Å². The Morgan fingerprint density at radius 1 is 0.962 bits per heavy atom. The number of nitrogens with one attached hydrogen (secondary N) is 1. The lowest BCUT2D eigenvalue weighted by Gasteiger charge is -2.41. The number of para-hydroxylation sites is 1. The molecule has 1 amide bonds. The Labute approximate surface area is 305 Å². The Kier molecular flexibility index (Phi) is 12.4. The third-order valence-electron chi connectivity index (χ3n) is 9.72. The lowest BCUT2D eigenvalue weighted by molar-refractivity contribution is -0.155. The lowest BCUT2D eigenvalue weighted by atomic mass is 9.83. The average molecular weight is 749 g/mol. The van der Waals surface area contributed by atoms with Crippen LogP contribution >= 0.6 is 11.6 Å². The van der Waals surface area contributed by atoms with Crippen molar-refractivity contribution in [1.82, 2.24) is 10.2 Å². The Morgan fingerprint density at radius 3 is 2.40 bits per heavy atom. The lowest BCUT2D eigenvalue weighted by Crippen LogP contribution is -2.67. The Balaban J connectivity index is 1.04. The van der Waals surface area contributed by atoms with Crippen LogP contribution in [0.4, 0.5) is 0 Å². The third kappa shape index (κ3) is 8.25. The second-order valence-corrected chi connectivity index (χ2v) is 13.6. The molecule has 1 aliphatic carbocycles. The van der Waals surface area contributed by atoms with Gasteiger partial charge < -0.3 is 64.4 Å². The molecule has 2 aromatic carbocycles. The van der Waals surface area contributed by atoms with Gasteiger partial charge in [-0.25, -0.2) is 0 Å². The normalized spacial score (nSPS) is 33.4. The van der Waals surface area contributed by atoms with Crippen LogP contribution in [0.25, 0.3) is 6.08 Å². The zero-order chi connectivity index (χ0) is 37.1. The largest absolute Gasteiger partial charge is 0.504 e. The van der Waals surface area contributed by atoms with Gasteiger partial charge in [-0.2, -0.15) is 0 Å². The molecule has 284 valence electrons. The fourth-order valence-corrected chi connectivity index (χ4v) is 7.07. The second kappa shape index (κ2) is 16.8. The van der Waals surface area contributed by atoms with E-state index in [4.69, 9.17) is 40.0 Å². The fourth-order valence-electron chi connectivity index (χ4n) is 6.69. The number of carbonyl (C=O) groups excluding carboxylic acids is 1. The molecule has 3 saturated heterocycles. The number of aliphatic hydroxyl groups excluding tert-OH is 5. The molecule has 16 heteroatoms. The van der Waals surface area contributed by atoms with Crippen LogP contribution in [0.3, 0.4) is 0 Å². The van der Waals surface area contributed by atoms with Crippen LogP contribution in [0.15, 0.2) is 59.7 Å². The summed E-state index contributed by atoms with van der Waals surface area (Å²) in [6, 6.07) is 10.6. The molecule has 6 rings (SSSR count). The quantitative estimate of drug-likeness (QED) is 0.0725. The number of hydrogen-bond acceptors (Lipinski definition) is 14. The Bertz CT molecular complexity index is 1620. The Hall–Kier alpha value is -3.32. The summed E-state index contributed by atoms with van der Waals surface area (Å²) in [5, 5.41) is 66.3. The summed E-state index contributed by atoms with van der Waals surface area (Å²) in [4.78, 5) is 15.1. The minimum atomic E-state index is -1.50. The maximum absolute atomic E-state index is 12.9. The van der Waals surface area contributed by atoms with E-state index in [9.17, 15) is 35.4 Å². The number of hydrogen-bond donors (Lipinski definition) is 7. The first-order valence-electron chi connectivity index (χ1n) is 17.1. The van der Waals surface area contributed by atoms with Crippen molar-refractivity contribution in [3.8, 4) is 17.2 Å². The molecule has 4 fully saturated rings. The highest BCUT2D eigenvalue weighted by Gasteiger charge is 2.53. The molecule has 0 spiro atoms. The predicted octanol–water partition coefficient (Wildman–Crippen LogP) is 0.539. The van der Waals surface area contributed by atoms with Crippen LogP contribution in [0.2, 0.25) is 0 Å². The molecule has 11 atom stereocenters. The van der Waals surface area contributed by atoms with E-state index in [1.54, 1.807) is 19.1 Å². The molecule has 3 heterocycles. The smallest absolute Gasteiger partial charge is 0.247 e. The first-order chi connectivity index (χ1) is 24.9. The molecule has 4 aliphatic rings. The van der Waals surface area contributed by atoms with E-state index in [0.29, 0.717) is 43.2 Å². The van der Waals surface area contributed by atoms with Crippen molar-refractivity contribution in [2.45, 2.75) is 80.5 Å². The number of amides is 1. The van der Waals surface area contributed by atoms with E-state index in [0.717, 1.165) is 5.56 Å². The van der Waals surface area contributed by atoms with Crippen molar-refractivity contribution in [3.05, 3.63) is 70.8 Å². The zero-order valence-electron chi connectivity index (χ0n) is 28.7. The molecule has 3 aliphatic heterocycles. The number of benzene rings is 2. The number of nitrogens with zero attached hydrogens (tertiary/aromatic N) is 1. The van der Waals surface area contributed by atoms with Crippen LogP contribution in [0.5, 0.6) is 17.2 Å². The number of aromatic hydroxyl groups is 1. The topological polar surface area (TPSA) is 209 Å². The minimum Gasteiger partial charge on any atom is -0.504 e. The number of phenolic OH excluding ortho intramolecular Hbond substituents is 1. The summed E-state index contributed by atoms with van der Waals surface area (Å²) in [5.41, 5.74) is 1.61. The number of halogens is 1. The van der Waals surface area contributed by atoms with Crippen LogP contribution in [-0.2, 0) is 23.7 Å². The minimum absolute atomic E-state index is 0.0376. The Morgan fingerprint density at radius 2 is 1.67 bits per heavy atom. The molecule has 1 saturated carbocycles. The maximum Gasteiger partial charge on any atom is 0.247 e. The summed E-state index contributed by atoms with van der Waals surface area (Å²) in [7, 11) is 0. The van der Waals surface area contributed by atoms with E-state index in [-0.39, 0.29) is 36.0 Å². The second-order valence-electron chi connectivity index (χ2n) is 13.2. The average Bonchev–Trinajstić information content (AvgIpc) is 3.75. The van der Waals surface area contributed by atoms with Gasteiger partial charge in [0.2, 0.25) is 12.2 Å². The van der Waals surface area contributed by atoms with Crippen molar-refractivity contribution in [1.29, 1.82) is 0 Å². The summed E-state index contributed by atoms with van der Waals surface area (Å²) in [5.74, 6) is -0.380. The number of alkyl halides is 1. The highest BCUT2D eigenvalue weighted by molar-refractivity contribution is 6.20. The van der Waals surface area contributed by atoms with E-state index < -0.39 is 67.1 Å². The highest BCUT2D eigenvalue weighted by atomic mass is 35.5. The van der Waals surface area contributed by atoms with E-state index in [1.807, 2.05) is 24.3 Å². The number of carbonyl (C=O) groups is 1. The van der Waals surface area contributed by atoms with Crippen molar-refractivity contribution < 1.29 is 63.9 Å². The molecule has 0 aromatic heterocycles. The molecule has 0 bridgehead atoms. The van der Waals surface area contributed by atoms with Gasteiger partial charge in [0.05, 0.1) is 19.3 Å². The SMILES string of the molecule is CC(=Cc1ccc(O[C@@H]2O[C@H](C(C)=CCOc3ccccc3C(Cl)N3CCOCC3)[C@@H](O)[C@@H]2O)c(O)c1)C(=O)N[C@@H]1[C@H](O)[C@@H](O)[C@H]2OCO[C@H]2[C@@H]1O. The van der Waals surface area contributed by atoms with Crippen molar-refractivity contribution >= 4 is 23.6 Å². The third-order valence-corrected chi connectivity index (χ3v) is 10.2. The van der Waals surface area contributed by atoms with Gasteiger partial charge in [-0.15, -0.1) is 11.6 Å². The van der Waals surface area contributed by atoms with Crippen LogP contribution in [0.1, 0.15) is 30.5 Å². The van der Waals surface area contributed by atoms with Crippen LogP contribution in [-0.4, -0.2) is 142 Å². The first-order valence-corrected chi connectivity index (χ1v) is 17.5. The highest BCUT2D eigenvalue weighted by Crippen LogP contribution is 2.35. The molecule has 7 N–H and O–H groups in total. The first kappa shape index (κ1) is 38.4.